The van der Waals surface area contributed by atoms with E-state index in [4.69, 9.17) is 0 Å². The zero-order chi connectivity index (χ0) is 16.2. The van der Waals surface area contributed by atoms with E-state index in [-0.39, 0.29) is 17.8 Å². The molecule has 3 nitrogen and oxygen atoms in total. The predicted octanol–water partition coefficient (Wildman–Crippen LogP) is 3.28. The third-order valence-corrected chi connectivity index (χ3v) is 4.36. The average Bonchev–Trinajstić information content (AvgIpc) is 2.56. The van der Waals surface area contributed by atoms with Crippen LogP contribution in [0.25, 0.3) is 0 Å². The van der Waals surface area contributed by atoms with Crippen molar-refractivity contribution in [2.75, 3.05) is 11.4 Å². The summed E-state index contributed by atoms with van der Waals surface area (Å²) in [6.45, 7) is 2.93. The van der Waals surface area contributed by atoms with Crippen molar-refractivity contribution >= 4 is 11.6 Å². The number of carbonyl (C=O) groups excluding carboxylic acids is 1. The van der Waals surface area contributed by atoms with Crippen LogP contribution >= 0.6 is 0 Å². The summed E-state index contributed by atoms with van der Waals surface area (Å²) in [6, 6.07) is 14.9. The first kappa shape index (κ1) is 15.5. The Kier molecular flexibility index (Phi) is 4.60. The Balaban J connectivity index is 1.66. The lowest BCUT2D eigenvalue weighted by Crippen LogP contribution is -2.44. The summed E-state index contributed by atoms with van der Waals surface area (Å²) >= 11 is 0. The van der Waals surface area contributed by atoms with E-state index in [2.05, 4.69) is 17.1 Å². The second-order valence-electron chi connectivity index (χ2n) is 6.05. The van der Waals surface area contributed by atoms with Crippen LogP contribution in [0.4, 0.5) is 10.1 Å². The lowest BCUT2D eigenvalue weighted by Gasteiger charge is -2.36. The maximum absolute atomic E-state index is 13.4. The van der Waals surface area contributed by atoms with Crippen LogP contribution in [0.2, 0.25) is 0 Å². The Morgan fingerprint density at radius 1 is 1.26 bits per heavy atom. The van der Waals surface area contributed by atoms with Gasteiger partial charge >= 0.3 is 0 Å². The van der Waals surface area contributed by atoms with Crippen molar-refractivity contribution in [1.82, 2.24) is 5.32 Å². The standard InChI is InChI=1S/C19H21FN2O/c1-14-7-8-16-11-17(20)9-10-18(16)22(14)13-19(23)21-12-15-5-3-2-4-6-15/h2-6,9-11,14H,7-8,12-13H2,1H3,(H,21,23). The lowest BCUT2D eigenvalue weighted by atomic mass is 9.96. The Labute approximate surface area is 136 Å². The molecule has 0 saturated heterocycles. The molecule has 1 heterocycles. The number of hydrogen-bond acceptors (Lipinski definition) is 2. The molecule has 2 aromatic carbocycles. The van der Waals surface area contributed by atoms with Gasteiger partial charge in [0.15, 0.2) is 0 Å². The van der Waals surface area contributed by atoms with Crippen LogP contribution in [-0.4, -0.2) is 18.5 Å². The van der Waals surface area contributed by atoms with Gasteiger partial charge in [-0.05, 0) is 49.1 Å². The van der Waals surface area contributed by atoms with E-state index in [1.807, 2.05) is 30.3 Å². The third-order valence-electron chi connectivity index (χ3n) is 4.36. The highest BCUT2D eigenvalue weighted by molar-refractivity contribution is 5.82. The molecule has 23 heavy (non-hydrogen) atoms. The molecular weight excluding hydrogens is 291 g/mol. The van der Waals surface area contributed by atoms with Gasteiger partial charge in [-0.15, -0.1) is 0 Å². The molecule has 0 spiro atoms. The molecule has 1 aliphatic heterocycles. The van der Waals surface area contributed by atoms with Crippen molar-refractivity contribution < 1.29 is 9.18 Å². The number of nitrogens with zero attached hydrogens (tertiary/aromatic N) is 1. The summed E-state index contributed by atoms with van der Waals surface area (Å²) < 4.78 is 13.4. The van der Waals surface area contributed by atoms with Gasteiger partial charge in [-0.1, -0.05) is 30.3 Å². The molecule has 4 heteroatoms. The summed E-state index contributed by atoms with van der Waals surface area (Å²) in [5.74, 6) is -0.232. The largest absolute Gasteiger partial charge is 0.359 e. The van der Waals surface area contributed by atoms with Crippen LogP contribution < -0.4 is 10.2 Å². The van der Waals surface area contributed by atoms with Crippen LogP contribution in [-0.2, 0) is 17.8 Å². The molecule has 0 saturated carbocycles. The van der Waals surface area contributed by atoms with Crippen molar-refractivity contribution in [2.45, 2.75) is 32.4 Å². The number of benzene rings is 2. The Morgan fingerprint density at radius 2 is 2.04 bits per heavy atom. The maximum atomic E-state index is 13.4. The van der Waals surface area contributed by atoms with Gasteiger partial charge in [0.05, 0.1) is 6.54 Å². The number of fused-ring (bicyclic) bond motifs is 1. The quantitative estimate of drug-likeness (QED) is 0.939. The molecule has 0 bridgehead atoms. The van der Waals surface area contributed by atoms with E-state index in [1.54, 1.807) is 12.1 Å². The number of carbonyl (C=O) groups is 1. The SMILES string of the molecule is CC1CCc2cc(F)ccc2N1CC(=O)NCc1ccccc1. The molecule has 2 aromatic rings. The predicted molar refractivity (Wildman–Crippen MR) is 89.8 cm³/mol. The van der Waals surface area contributed by atoms with Crippen LogP contribution in [0.1, 0.15) is 24.5 Å². The topological polar surface area (TPSA) is 32.3 Å². The molecule has 3 rings (SSSR count). The summed E-state index contributed by atoms with van der Waals surface area (Å²) in [5, 5.41) is 2.95. The van der Waals surface area contributed by atoms with Crippen molar-refractivity contribution in [3.05, 3.63) is 65.5 Å². The van der Waals surface area contributed by atoms with E-state index in [0.29, 0.717) is 13.1 Å². The molecular formula is C19H21FN2O. The van der Waals surface area contributed by atoms with Gasteiger partial charge in [-0.2, -0.15) is 0 Å². The first-order valence-corrected chi connectivity index (χ1v) is 7.99. The zero-order valence-electron chi connectivity index (χ0n) is 13.3. The van der Waals surface area contributed by atoms with Crippen LogP contribution in [0.5, 0.6) is 0 Å². The number of rotatable bonds is 4. The fourth-order valence-electron chi connectivity index (χ4n) is 3.04. The monoisotopic (exact) mass is 312 g/mol. The van der Waals surface area contributed by atoms with Crippen LogP contribution in [0.15, 0.2) is 48.5 Å². The number of anilines is 1. The fourth-order valence-corrected chi connectivity index (χ4v) is 3.04. The van der Waals surface area contributed by atoms with E-state index in [9.17, 15) is 9.18 Å². The van der Waals surface area contributed by atoms with Gasteiger partial charge in [0.1, 0.15) is 5.82 Å². The normalized spacial score (nSPS) is 16.8. The molecule has 1 unspecified atom stereocenters. The maximum Gasteiger partial charge on any atom is 0.239 e. The number of halogens is 1. The van der Waals surface area contributed by atoms with Crippen LogP contribution in [0, 0.1) is 5.82 Å². The zero-order valence-corrected chi connectivity index (χ0v) is 13.3. The summed E-state index contributed by atoms with van der Waals surface area (Å²) in [4.78, 5) is 14.3. The number of amides is 1. The molecule has 1 aliphatic rings. The second kappa shape index (κ2) is 6.82. The van der Waals surface area contributed by atoms with Gasteiger partial charge in [0.25, 0.3) is 0 Å². The summed E-state index contributed by atoms with van der Waals surface area (Å²) in [5.41, 5.74) is 3.04. The van der Waals surface area contributed by atoms with Crippen LogP contribution in [0.3, 0.4) is 0 Å². The minimum absolute atomic E-state index is 0.0159. The van der Waals surface area contributed by atoms with Crippen molar-refractivity contribution in [3.8, 4) is 0 Å². The van der Waals surface area contributed by atoms with E-state index in [1.165, 1.54) is 6.07 Å². The average molecular weight is 312 g/mol. The molecule has 120 valence electrons. The lowest BCUT2D eigenvalue weighted by molar-refractivity contribution is -0.120. The van der Waals surface area contributed by atoms with E-state index in [0.717, 1.165) is 29.7 Å². The van der Waals surface area contributed by atoms with Crippen molar-refractivity contribution in [3.63, 3.8) is 0 Å². The minimum atomic E-state index is -0.216. The van der Waals surface area contributed by atoms with Crippen molar-refractivity contribution in [1.29, 1.82) is 0 Å². The second-order valence-corrected chi connectivity index (χ2v) is 6.05. The van der Waals surface area contributed by atoms with Gasteiger partial charge in [0.2, 0.25) is 5.91 Å². The highest BCUT2D eigenvalue weighted by Gasteiger charge is 2.25. The smallest absolute Gasteiger partial charge is 0.239 e. The Bertz CT molecular complexity index is 687. The molecule has 0 aromatic heterocycles. The highest BCUT2D eigenvalue weighted by Crippen LogP contribution is 2.30. The van der Waals surface area contributed by atoms with E-state index >= 15 is 0 Å². The van der Waals surface area contributed by atoms with Gasteiger partial charge in [0, 0.05) is 18.3 Å². The molecule has 1 N–H and O–H groups in total. The van der Waals surface area contributed by atoms with E-state index < -0.39 is 0 Å². The Morgan fingerprint density at radius 3 is 2.83 bits per heavy atom. The molecule has 0 radical (unpaired) electrons. The molecule has 0 aliphatic carbocycles. The summed E-state index contributed by atoms with van der Waals surface area (Å²) in [6.07, 6.45) is 1.79. The summed E-state index contributed by atoms with van der Waals surface area (Å²) in [7, 11) is 0. The van der Waals surface area contributed by atoms with Gasteiger partial charge in [-0.3, -0.25) is 4.79 Å². The molecule has 0 fully saturated rings. The number of aryl methyl sites for hydroxylation is 1. The first-order valence-electron chi connectivity index (χ1n) is 7.99. The molecule has 1 amide bonds. The Hall–Kier alpha value is -2.36. The van der Waals surface area contributed by atoms with Gasteiger partial charge < -0.3 is 10.2 Å². The first-order chi connectivity index (χ1) is 11.1. The number of hydrogen-bond donors (Lipinski definition) is 1. The minimum Gasteiger partial charge on any atom is -0.359 e. The fraction of sp³-hybridized carbons (Fsp3) is 0.316. The highest BCUT2D eigenvalue weighted by atomic mass is 19.1. The van der Waals surface area contributed by atoms with Crippen molar-refractivity contribution in [2.24, 2.45) is 0 Å². The third kappa shape index (κ3) is 3.70. The molecule has 1 atom stereocenters. The van der Waals surface area contributed by atoms with Gasteiger partial charge in [-0.25, -0.2) is 4.39 Å². The number of nitrogens with one attached hydrogen (secondary N) is 1.